The van der Waals surface area contributed by atoms with Crippen molar-refractivity contribution in [2.75, 3.05) is 6.79 Å². The molecule has 0 N–H and O–H groups in total. The Morgan fingerprint density at radius 1 is 0.895 bits per heavy atom. The Kier molecular flexibility index (Phi) is 1.93. The molecule has 4 saturated carbocycles. The molecule has 2 heteroatoms. The molecule has 0 amide bonds. The number of rotatable bonds is 1. The van der Waals surface area contributed by atoms with Gasteiger partial charge in [0.2, 0.25) is 6.79 Å². The molecule has 19 heavy (non-hydrogen) atoms. The first-order chi connectivity index (χ1) is 9.32. The quantitative estimate of drug-likeness (QED) is 0.759. The monoisotopic (exact) mass is 256 g/mol. The first-order valence-corrected chi connectivity index (χ1v) is 7.71. The number of para-hydroxylation sites is 1. The minimum Gasteiger partial charge on any atom is -0.454 e. The fourth-order valence-electron chi connectivity index (χ4n) is 5.79. The van der Waals surface area contributed by atoms with E-state index in [1.54, 1.807) is 0 Å². The smallest absolute Gasteiger partial charge is 0.231 e. The van der Waals surface area contributed by atoms with Gasteiger partial charge in [0.25, 0.3) is 0 Å². The normalized spacial score (nSPS) is 41.8. The van der Waals surface area contributed by atoms with Crippen molar-refractivity contribution in [3.8, 4) is 11.5 Å². The van der Waals surface area contributed by atoms with E-state index in [9.17, 15) is 0 Å². The first kappa shape index (κ1) is 10.6. The molecule has 1 aliphatic heterocycles. The average molecular weight is 256 g/mol. The zero-order valence-corrected chi connectivity index (χ0v) is 11.2. The van der Waals surface area contributed by atoms with Crippen LogP contribution in [-0.2, 0) is 5.41 Å². The summed E-state index contributed by atoms with van der Waals surface area (Å²) in [5.74, 6) is 4.95. The zero-order chi connectivity index (χ0) is 12.4. The molecule has 0 unspecified atom stereocenters. The average Bonchev–Trinajstić information content (AvgIpc) is 2.84. The second-order valence-corrected chi connectivity index (χ2v) is 7.24. The van der Waals surface area contributed by atoms with Crippen LogP contribution in [0.15, 0.2) is 18.2 Å². The zero-order valence-electron chi connectivity index (χ0n) is 11.2. The predicted molar refractivity (Wildman–Crippen MR) is 72.4 cm³/mol. The van der Waals surface area contributed by atoms with Gasteiger partial charge in [0.1, 0.15) is 0 Å². The van der Waals surface area contributed by atoms with Crippen LogP contribution in [-0.4, -0.2) is 6.79 Å². The largest absolute Gasteiger partial charge is 0.454 e. The third-order valence-corrected chi connectivity index (χ3v) is 6.01. The number of hydrogen-bond donors (Lipinski definition) is 0. The standard InChI is InChI=1S/C17H20O2/c1-2-14(16-15(3-1)18-10-19-16)17-7-11-4-12(8-17)6-13(5-11)9-17/h1-3,11-13H,4-10H2. The van der Waals surface area contributed by atoms with Crippen LogP contribution in [0.5, 0.6) is 11.5 Å². The molecular formula is C17H20O2. The Balaban J connectivity index is 1.64. The Hall–Kier alpha value is -1.18. The Bertz CT molecular complexity index is 499. The van der Waals surface area contributed by atoms with Crippen molar-refractivity contribution in [1.29, 1.82) is 0 Å². The van der Waals surface area contributed by atoms with E-state index in [4.69, 9.17) is 9.47 Å². The highest BCUT2D eigenvalue weighted by Gasteiger charge is 2.52. The molecule has 0 aromatic heterocycles. The fraction of sp³-hybridized carbons (Fsp3) is 0.647. The molecule has 5 aliphatic rings. The van der Waals surface area contributed by atoms with E-state index in [1.807, 2.05) is 6.07 Å². The summed E-state index contributed by atoms with van der Waals surface area (Å²) < 4.78 is 11.4. The lowest BCUT2D eigenvalue weighted by atomic mass is 9.48. The van der Waals surface area contributed by atoms with Gasteiger partial charge in [-0.15, -0.1) is 0 Å². The molecular weight excluding hydrogens is 236 g/mol. The lowest BCUT2D eigenvalue weighted by molar-refractivity contribution is -0.00628. The molecule has 0 saturated heterocycles. The molecule has 0 radical (unpaired) electrons. The maximum absolute atomic E-state index is 5.80. The van der Waals surface area contributed by atoms with Crippen molar-refractivity contribution < 1.29 is 9.47 Å². The van der Waals surface area contributed by atoms with Gasteiger partial charge in [-0.25, -0.2) is 0 Å². The molecule has 6 rings (SSSR count). The Morgan fingerprint density at radius 2 is 1.58 bits per heavy atom. The van der Waals surface area contributed by atoms with Crippen LogP contribution in [0, 0.1) is 17.8 Å². The maximum Gasteiger partial charge on any atom is 0.231 e. The maximum atomic E-state index is 5.80. The fourth-order valence-corrected chi connectivity index (χ4v) is 5.79. The molecule has 0 spiro atoms. The third kappa shape index (κ3) is 1.38. The number of fused-ring (bicyclic) bond motifs is 1. The molecule has 100 valence electrons. The second kappa shape index (κ2) is 3.47. The Labute approximate surface area is 114 Å². The molecule has 2 nitrogen and oxygen atoms in total. The molecule has 4 bridgehead atoms. The third-order valence-electron chi connectivity index (χ3n) is 6.01. The van der Waals surface area contributed by atoms with Crippen molar-refractivity contribution in [2.45, 2.75) is 43.9 Å². The van der Waals surface area contributed by atoms with E-state index in [1.165, 1.54) is 44.1 Å². The number of ether oxygens (including phenoxy) is 2. The summed E-state index contributed by atoms with van der Waals surface area (Å²) in [6.45, 7) is 0.402. The first-order valence-electron chi connectivity index (χ1n) is 7.71. The van der Waals surface area contributed by atoms with Crippen molar-refractivity contribution >= 4 is 0 Å². The molecule has 1 aromatic rings. The van der Waals surface area contributed by atoms with Crippen molar-refractivity contribution in [1.82, 2.24) is 0 Å². The molecule has 0 atom stereocenters. The van der Waals surface area contributed by atoms with E-state index < -0.39 is 0 Å². The minimum absolute atomic E-state index is 0.402. The molecule has 4 aliphatic carbocycles. The van der Waals surface area contributed by atoms with Crippen LogP contribution >= 0.6 is 0 Å². The highest BCUT2D eigenvalue weighted by atomic mass is 16.7. The van der Waals surface area contributed by atoms with Crippen molar-refractivity contribution in [2.24, 2.45) is 17.8 Å². The van der Waals surface area contributed by atoms with Crippen molar-refractivity contribution in [3.05, 3.63) is 23.8 Å². The summed E-state index contributed by atoms with van der Waals surface area (Å²) in [4.78, 5) is 0. The van der Waals surface area contributed by atoms with E-state index in [-0.39, 0.29) is 0 Å². The van der Waals surface area contributed by atoms with Crippen LogP contribution in [0.3, 0.4) is 0 Å². The van der Waals surface area contributed by atoms with Gasteiger partial charge in [0, 0.05) is 5.56 Å². The highest BCUT2D eigenvalue weighted by Crippen LogP contribution is 2.62. The number of benzene rings is 1. The van der Waals surface area contributed by atoms with Crippen LogP contribution < -0.4 is 9.47 Å². The minimum atomic E-state index is 0.402. The molecule has 4 fully saturated rings. The summed E-state index contributed by atoms with van der Waals surface area (Å²) in [6, 6.07) is 6.51. The van der Waals surface area contributed by atoms with Gasteiger partial charge in [-0.1, -0.05) is 12.1 Å². The van der Waals surface area contributed by atoms with Gasteiger partial charge < -0.3 is 9.47 Å². The van der Waals surface area contributed by atoms with Crippen LogP contribution in [0.2, 0.25) is 0 Å². The topological polar surface area (TPSA) is 18.5 Å². The summed E-state index contributed by atoms with van der Waals surface area (Å²) in [6.07, 6.45) is 8.64. The van der Waals surface area contributed by atoms with Gasteiger partial charge in [0.05, 0.1) is 0 Å². The summed E-state index contributed by atoms with van der Waals surface area (Å²) in [7, 11) is 0. The summed E-state index contributed by atoms with van der Waals surface area (Å²) in [5, 5.41) is 0. The van der Waals surface area contributed by atoms with E-state index >= 15 is 0 Å². The van der Waals surface area contributed by atoms with Crippen LogP contribution in [0.4, 0.5) is 0 Å². The van der Waals surface area contributed by atoms with Gasteiger partial charge in [-0.05, 0) is 67.8 Å². The van der Waals surface area contributed by atoms with E-state index in [0.29, 0.717) is 12.2 Å². The van der Waals surface area contributed by atoms with Gasteiger partial charge >= 0.3 is 0 Å². The van der Waals surface area contributed by atoms with E-state index in [2.05, 4.69) is 12.1 Å². The van der Waals surface area contributed by atoms with E-state index in [0.717, 1.165) is 29.3 Å². The Morgan fingerprint density at radius 3 is 2.26 bits per heavy atom. The molecule has 1 aromatic carbocycles. The summed E-state index contributed by atoms with van der Waals surface area (Å²) in [5.41, 5.74) is 1.87. The lowest BCUT2D eigenvalue weighted by Gasteiger charge is -2.57. The lowest BCUT2D eigenvalue weighted by Crippen LogP contribution is -2.48. The van der Waals surface area contributed by atoms with Gasteiger partial charge in [-0.2, -0.15) is 0 Å². The predicted octanol–water partition coefficient (Wildman–Crippen LogP) is 3.88. The molecule has 1 heterocycles. The van der Waals surface area contributed by atoms with Crippen LogP contribution in [0.1, 0.15) is 44.1 Å². The summed E-state index contributed by atoms with van der Waals surface area (Å²) >= 11 is 0. The SMILES string of the molecule is c1cc2c(c(C34CC5CC(CC(C5)C3)C4)c1)OCO2. The van der Waals surface area contributed by atoms with Gasteiger partial charge in [-0.3, -0.25) is 0 Å². The number of hydrogen-bond acceptors (Lipinski definition) is 2. The highest BCUT2D eigenvalue weighted by molar-refractivity contribution is 5.52. The second-order valence-electron chi connectivity index (χ2n) is 7.24. The van der Waals surface area contributed by atoms with Crippen molar-refractivity contribution in [3.63, 3.8) is 0 Å². The van der Waals surface area contributed by atoms with Gasteiger partial charge in [0.15, 0.2) is 11.5 Å². The van der Waals surface area contributed by atoms with Crippen LogP contribution in [0.25, 0.3) is 0 Å².